The first-order valence-corrected chi connectivity index (χ1v) is 8.49. The number of carbonyl (C=O) groups is 1. The minimum absolute atomic E-state index is 0.104. The maximum Gasteiger partial charge on any atom is 0.264 e. The molecule has 1 heterocycles. The van der Waals surface area contributed by atoms with Crippen LogP contribution in [-0.2, 0) is 0 Å². The quantitative estimate of drug-likeness (QED) is 0.258. The Balaban J connectivity index is 1.84. The van der Waals surface area contributed by atoms with Crippen LogP contribution in [0, 0.1) is 0 Å². The number of aliphatic imine (C=N–C) groups is 1. The van der Waals surface area contributed by atoms with Gasteiger partial charge in [-0.3, -0.25) is 15.6 Å². The molecule has 0 unspecified atom stereocenters. The standard InChI is InChI=1S/C18H13BrClN3O2/c19-12-3-7-14(8-4-12)21-18(17(24)16-2-1-11-25-16)23-22-15-9-5-13(20)6-10-15/h1-11,22H,(H,21,23). The summed E-state index contributed by atoms with van der Waals surface area (Å²) in [7, 11) is 0. The second kappa shape index (κ2) is 8.00. The third-order valence-corrected chi connectivity index (χ3v) is 3.98. The number of anilines is 1. The minimum Gasteiger partial charge on any atom is -0.461 e. The van der Waals surface area contributed by atoms with Gasteiger partial charge in [-0.15, -0.1) is 0 Å². The van der Waals surface area contributed by atoms with E-state index < -0.39 is 0 Å². The molecule has 1 aromatic heterocycles. The Morgan fingerprint density at radius 2 is 1.76 bits per heavy atom. The first-order valence-electron chi connectivity index (χ1n) is 7.32. The van der Waals surface area contributed by atoms with E-state index in [0.717, 1.165) is 10.2 Å². The molecule has 0 aliphatic carbocycles. The molecule has 25 heavy (non-hydrogen) atoms. The Hall–Kier alpha value is -2.57. The molecule has 0 radical (unpaired) electrons. The van der Waals surface area contributed by atoms with Crippen LogP contribution < -0.4 is 10.9 Å². The summed E-state index contributed by atoms with van der Waals surface area (Å²) in [4.78, 5) is 17.0. The highest BCUT2D eigenvalue weighted by atomic mass is 79.9. The van der Waals surface area contributed by atoms with Crippen LogP contribution in [0.15, 0.2) is 80.8 Å². The van der Waals surface area contributed by atoms with Crippen molar-refractivity contribution >= 4 is 50.5 Å². The molecule has 0 bridgehead atoms. The summed E-state index contributed by atoms with van der Waals surface area (Å²) >= 11 is 9.24. The lowest BCUT2D eigenvalue weighted by Crippen LogP contribution is -2.35. The lowest BCUT2D eigenvalue weighted by atomic mass is 10.2. The summed E-state index contributed by atoms with van der Waals surface area (Å²) in [6.45, 7) is 0. The van der Waals surface area contributed by atoms with Gasteiger partial charge >= 0.3 is 0 Å². The highest BCUT2D eigenvalue weighted by molar-refractivity contribution is 9.10. The fourth-order valence-corrected chi connectivity index (χ4v) is 2.36. The number of furan rings is 1. The number of Topliss-reactive ketones (excluding diaryl/α,β-unsaturated/α-hetero) is 1. The topological polar surface area (TPSA) is 66.6 Å². The molecule has 0 fully saturated rings. The van der Waals surface area contributed by atoms with Gasteiger partial charge < -0.3 is 4.42 Å². The number of hydrogen-bond acceptors (Lipinski definition) is 4. The summed E-state index contributed by atoms with van der Waals surface area (Å²) < 4.78 is 6.11. The van der Waals surface area contributed by atoms with Gasteiger partial charge in [0.25, 0.3) is 5.78 Å². The molecule has 126 valence electrons. The van der Waals surface area contributed by atoms with E-state index in [0.29, 0.717) is 10.7 Å². The second-order valence-corrected chi connectivity index (χ2v) is 6.35. The molecular weight excluding hydrogens is 406 g/mol. The number of nitrogens with zero attached hydrogens (tertiary/aromatic N) is 1. The molecule has 0 aliphatic heterocycles. The molecule has 0 saturated heterocycles. The summed E-state index contributed by atoms with van der Waals surface area (Å²) in [6.07, 6.45) is 1.44. The van der Waals surface area contributed by atoms with Gasteiger partial charge in [0.1, 0.15) is 0 Å². The van der Waals surface area contributed by atoms with Crippen LogP contribution in [0.5, 0.6) is 0 Å². The van der Waals surface area contributed by atoms with Crippen molar-refractivity contribution in [2.75, 3.05) is 5.43 Å². The van der Waals surface area contributed by atoms with Gasteiger partial charge in [0.2, 0.25) is 0 Å². The van der Waals surface area contributed by atoms with Crippen LogP contribution in [0.25, 0.3) is 0 Å². The van der Waals surface area contributed by atoms with Crippen molar-refractivity contribution in [3.8, 4) is 0 Å². The van der Waals surface area contributed by atoms with Gasteiger partial charge in [-0.2, -0.15) is 0 Å². The van der Waals surface area contributed by atoms with E-state index in [2.05, 4.69) is 31.8 Å². The Morgan fingerprint density at radius 1 is 1.04 bits per heavy atom. The number of carbonyl (C=O) groups excluding carboxylic acids is 1. The maximum absolute atomic E-state index is 12.6. The molecule has 0 aliphatic rings. The summed E-state index contributed by atoms with van der Waals surface area (Å²) in [5.41, 5.74) is 7.14. The van der Waals surface area contributed by atoms with Crippen molar-refractivity contribution in [2.24, 2.45) is 4.99 Å². The minimum atomic E-state index is -0.366. The SMILES string of the molecule is O=C(C(=Nc1ccc(Br)cc1)NNc1ccc(Cl)cc1)c1ccco1. The summed E-state index contributed by atoms with van der Waals surface area (Å²) in [5, 5.41) is 0.626. The molecule has 2 N–H and O–H groups in total. The van der Waals surface area contributed by atoms with Crippen molar-refractivity contribution in [2.45, 2.75) is 0 Å². The highest BCUT2D eigenvalue weighted by Gasteiger charge is 2.17. The number of halogens is 2. The zero-order valence-electron chi connectivity index (χ0n) is 12.9. The Kier molecular flexibility index (Phi) is 5.53. The zero-order valence-corrected chi connectivity index (χ0v) is 15.2. The molecule has 0 atom stereocenters. The van der Waals surface area contributed by atoms with Crippen LogP contribution in [0.4, 0.5) is 11.4 Å². The van der Waals surface area contributed by atoms with Crippen LogP contribution in [-0.4, -0.2) is 11.6 Å². The van der Waals surface area contributed by atoms with E-state index in [1.165, 1.54) is 6.26 Å². The Labute approximate surface area is 157 Å². The average molecular weight is 419 g/mol. The fraction of sp³-hybridized carbons (Fsp3) is 0. The van der Waals surface area contributed by atoms with E-state index in [9.17, 15) is 4.79 Å². The number of amidine groups is 1. The predicted octanol–water partition coefficient (Wildman–Crippen LogP) is 5.23. The van der Waals surface area contributed by atoms with Crippen molar-refractivity contribution in [3.05, 3.63) is 82.2 Å². The van der Waals surface area contributed by atoms with E-state index >= 15 is 0 Å². The smallest absolute Gasteiger partial charge is 0.264 e. The maximum atomic E-state index is 12.6. The number of rotatable bonds is 5. The fourth-order valence-electron chi connectivity index (χ4n) is 1.97. The van der Waals surface area contributed by atoms with Crippen molar-refractivity contribution in [1.29, 1.82) is 0 Å². The Bertz CT molecular complexity index is 876. The van der Waals surface area contributed by atoms with Crippen LogP contribution >= 0.6 is 27.5 Å². The second-order valence-electron chi connectivity index (χ2n) is 5.00. The van der Waals surface area contributed by atoms with Gasteiger partial charge in [-0.25, -0.2) is 4.99 Å². The zero-order chi connectivity index (χ0) is 17.6. The van der Waals surface area contributed by atoms with Crippen molar-refractivity contribution < 1.29 is 9.21 Å². The van der Waals surface area contributed by atoms with Gasteiger partial charge in [0, 0.05) is 9.50 Å². The van der Waals surface area contributed by atoms with Crippen molar-refractivity contribution in [3.63, 3.8) is 0 Å². The normalized spacial score (nSPS) is 11.2. The Morgan fingerprint density at radius 3 is 2.40 bits per heavy atom. The summed E-state index contributed by atoms with van der Waals surface area (Å²) in [5.74, 6) is -0.0668. The van der Waals surface area contributed by atoms with Crippen molar-refractivity contribution in [1.82, 2.24) is 5.43 Å². The lowest BCUT2D eigenvalue weighted by Gasteiger charge is -2.11. The number of ketones is 1. The monoisotopic (exact) mass is 417 g/mol. The first kappa shape index (κ1) is 17.3. The predicted molar refractivity (Wildman–Crippen MR) is 102 cm³/mol. The number of hydrogen-bond donors (Lipinski definition) is 2. The lowest BCUT2D eigenvalue weighted by molar-refractivity contribution is 0.103. The summed E-state index contributed by atoms with van der Waals surface area (Å²) in [6, 6.07) is 17.6. The molecule has 3 aromatic rings. The molecule has 0 spiro atoms. The molecule has 7 heteroatoms. The molecule has 3 rings (SSSR count). The van der Waals surface area contributed by atoms with E-state index in [-0.39, 0.29) is 17.4 Å². The van der Waals surface area contributed by atoms with Crippen LogP contribution in [0.1, 0.15) is 10.6 Å². The molecular formula is C18H13BrClN3O2. The highest BCUT2D eigenvalue weighted by Crippen LogP contribution is 2.18. The molecule has 0 saturated carbocycles. The molecule has 2 aromatic carbocycles. The van der Waals surface area contributed by atoms with Crippen LogP contribution in [0.2, 0.25) is 5.02 Å². The number of benzene rings is 2. The number of nitrogens with one attached hydrogen (secondary N) is 2. The van der Waals surface area contributed by atoms with E-state index in [1.54, 1.807) is 48.5 Å². The molecule has 0 amide bonds. The largest absolute Gasteiger partial charge is 0.461 e. The molecule has 5 nitrogen and oxygen atoms in total. The van der Waals surface area contributed by atoms with E-state index in [4.69, 9.17) is 16.0 Å². The van der Waals surface area contributed by atoms with Gasteiger partial charge in [0.05, 0.1) is 17.6 Å². The van der Waals surface area contributed by atoms with Gasteiger partial charge in [0.15, 0.2) is 11.6 Å². The van der Waals surface area contributed by atoms with Crippen LogP contribution in [0.3, 0.4) is 0 Å². The third-order valence-electron chi connectivity index (χ3n) is 3.20. The average Bonchev–Trinajstić information content (AvgIpc) is 3.16. The third kappa shape index (κ3) is 4.71. The number of hydrazine groups is 1. The van der Waals surface area contributed by atoms with Gasteiger partial charge in [-0.1, -0.05) is 27.5 Å². The van der Waals surface area contributed by atoms with E-state index in [1.807, 2.05) is 12.1 Å². The van der Waals surface area contributed by atoms with Gasteiger partial charge in [-0.05, 0) is 60.7 Å². The first-order chi connectivity index (χ1) is 12.1.